The Balaban J connectivity index is 2.09. The van der Waals surface area contributed by atoms with Crippen LogP contribution in [0.15, 0.2) is 24.4 Å². The third-order valence-electron chi connectivity index (χ3n) is 3.19. The van der Waals surface area contributed by atoms with Crippen LogP contribution >= 0.6 is 0 Å². The summed E-state index contributed by atoms with van der Waals surface area (Å²) in [5.41, 5.74) is 9.91. The first-order valence-corrected chi connectivity index (χ1v) is 7.31. The van der Waals surface area contributed by atoms with Crippen LogP contribution in [0.25, 0.3) is 0 Å². The lowest BCUT2D eigenvalue weighted by Gasteiger charge is -2.14. The average Bonchev–Trinajstić information content (AvgIpc) is 2.79. The number of nitrogens with two attached hydrogens (primary N) is 1. The van der Waals surface area contributed by atoms with E-state index in [1.165, 1.54) is 5.56 Å². The minimum atomic E-state index is 0.104. The molecule has 0 radical (unpaired) electrons. The summed E-state index contributed by atoms with van der Waals surface area (Å²) in [5, 5.41) is 7.85. The molecule has 1 heterocycles. The molecule has 114 valence electrons. The molecule has 0 fully saturated rings. The second kappa shape index (κ2) is 6.52. The van der Waals surface area contributed by atoms with Crippen molar-refractivity contribution >= 4 is 11.4 Å². The third-order valence-corrected chi connectivity index (χ3v) is 3.19. The zero-order valence-corrected chi connectivity index (χ0v) is 13.2. The molecule has 0 amide bonds. The average molecular weight is 288 g/mol. The highest BCUT2D eigenvalue weighted by atomic mass is 16.5. The number of hydrogen-bond acceptors (Lipinski definition) is 4. The summed E-state index contributed by atoms with van der Waals surface area (Å²) in [4.78, 5) is 0. The molecule has 0 bridgehead atoms. The van der Waals surface area contributed by atoms with Gasteiger partial charge in [-0.3, -0.25) is 4.68 Å². The predicted molar refractivity (Wildman–Crippen MR) is 86.5 cm³/mol. The van der Waals surface area contributed by atoms with Gasteiger partial charge in [-0.15, -0.1) is 0 Å². The van der Waals surface area contributed by atoms with E-state index >= 15 is 0 Å². The van der Waals surface area contributed by atoms with Crippen LogP contribution in [0.3, 0.4) is 0 Å². The monoisotopic (exact) mass is 288 g/mol. The summed E-state index contributed by atoms with van der Waals surface area (Å²) in [6, 6.07) is 5.77. The highest BCUT2D eigenvalue weighted by Gasteiger charge is 2.07. The Morgan fingerprint density at radius 2 is 2.14 bits per heavy atom. The van der Waals surface area contributed by atoms with Gasteiger partial charge in [0.05, 0.1) is 17.5 Å². The molecule has 0 atom stereocenters. The van der Waals surface area contributed by atoms with Crippen molar-refractivity contribution in [3.05, 3.63) is 35.7 Å². The summed E-state index contributed by atoms with van der Waals surface area (Å²) < 4.78 is 7.56. The van der Waals surface area contributed by atoms with Gasteiger partial charge in [0, 0.05) is 37.1 Å². The zero-order valence-electron chi connectivity index (χ0n) is 13.2. The van der Waals surface area contributed by atoms with Crippen molar-refractivity contribution < 1.29 is 4.74 Å². The first-order valence-electron chi connectivity index (χ1n) is 7.31. The van der Waals surface area contributed by atoms with E-state index < -0.39 is 0 Å². The summed E-state index contributed by atoms with van der Waals surface area (Å²) in [6.07, 6.45) is 3.09. The molecule has 0 aliphatic heterocycles. The number of nitrogens with one attached hydrogen (secondary N) is 1. The smallest absolute Gasteiger partial charge is 0.144 e. The maximum absolute atomic E-state index is 5.93. The topological polar surface area (TPSA) is 65.1 Å². The molecular weight excluding hydrogens is 264 g/mol. The molecule has 21 heavy (non-hydrogen) atoms. The Labute approximate surface area is 126 Å². The fourth-order valence-corrected chi connectivity index (χ4v) is 2.23. The number of benzene rings is 1. The third kappa shape index (κ3) is 3.90. The van der Waals surface area contributed by atoms with E-state index in [0.717, 1.165) is 30.1 Å². The van der Waals surface area contributed by atoms with E-state index in [9.17, 15) is 0 Å². The molecule has 2 rings (SSSR count). The molecule has 5 heteroatoms. The van der Waals surface area contributed by atoms with E-state index in [1.807, 2.05) is 43.8 Å². The Hall–Kier alpha value is -2.17. The Morgan fingerprint density at radius 3 is 2.81 bits per heavy atom. The number of aryl methyl sites for hydroxylation is 2. The molecule has 0 unspecified atom stereocenters. The first-order chi connectivity index (χ1) is 9.99. The Bertz CT molecular complexity index is 604. The molecule has 0 saturated heterocycles. The summed E-state index contributed by atoms with van der Waals surface area (Å²) in [5.74, 6) is 0.719. The SMILES string of the molecule is CCc1nn(C)cc1CNc1ccc(N)c(OC(C)C)c1. The van der Waals surface area contributed by atoms with E-state index in [-0.39, 0.29) is 6.10 Å². The second-order valence-corrected chi connectivity index (χ2v) is 5.40. The highest BCUT2D eigenvalue weighted by molar-refractivity contribution is 5.61. The maximum Gasteiger partial charge on any atom is 0.144 e. The van der Waals surface area contributed by atoms with E-state index in [2.05, 4.69) is 23.5 Å². The molecule has 0 aliphatic rings. The van der Waals surface area contributed by atoms with Gasteiger partial charge < -0.3 is 15.8 Å². The Kier molecular flexibility index (Phi) is 4.73. The number of nitrogen functional groups attached to an aromatic ring is 1. The van der Waals surface area contributed by atoms with Gasteiger partial charge in [0.25, 0.3) is 0 Å². The number of rotatable bonds is 6. The van der Waals surface area contributed by atoms with Crippen LogP contribution in [0.5, 0.6) is 5.75 Å². The van der Waals surface area contributed by atoms with Crippen molar-refractivity contribution in [2.24, 2.45) is 7.05 Å². The second-order valence-electron chi connectivity index (χ2n) is 5.40. The number of hydrogen-bond donors (Lipinski definition) is 2. The predicted octanol–water partition coefficient (Wildman–Crippen LogP) is 2.96. The number of ether oxygens (including phenoxy) is 1. The quantitative estimate of drug-likeness (QED) is 0.802. The van der Waals surface area contributed by atoms with Gasteiger partial charge in [0.15, 0.2) is 0 Å². The van der Waals surface area contributed by atoms with Crippen molar-refractivity contribution in [3.63, 3.8) is 0 Å². The van der Waals surface area contributed by atoms with Gasteiger partial charge in [0.1, 0.15) is 5.75 Å². The van der Waals surface area contributed by atoms with E-state index in [0.29, 0.717) is 5.69 Å². The minimum Gasteiger partial charge on any atom is -0.489 e. The molecule has 1 aromatic heterocycles. The lowest BCUT2D eigenvalue weighted by molar-refractivity contribution is 0.244. The molecule has 3 N–H and O–H groups in total. The normalized spacial score (nSPS) is 10.9. The number of aromatic nitrogens is 2. The summed E-state index contributed by atoms with van der Waals surface area (Å²) in [7, 11) is 1.94. The van der Waals surface area contributed by atoms with Crippen molar-refractivity contribution in [3.8, 4) is 5.75 Å². The van der Waals surface area contributed by atoms with Gasteiger partial charge in [-0.2, -0.15) is 5.10 Å². The van der Waals surface area contributed by atoms with Crippen LogP contribution in [0.1, 0.15) is 32.0 Å². The molecule has 0 spiro atoms. The fraction of sp³-hybridized carbons (Fsp3) is 0.438. The first kappa shape index (κ1) is 15.2. The van der Waals surface area contributed by atoms with Crippen molar-refractivity contribution in [2.75, 3.05) is 11.1 Å². The largest absolute Gasteiger partial charge is 0.489 e. The zero-order chi connectivity index (χ0) is 15.4. The molecule has 2 aromatic rings. The molecule has 1 aromatic carbocycles. The standard InChI is InChI=1S/C16H24N4O/c1-5-15-12(10-20(4)19-15)9-18-13-6-7-14(17)16(8-13)21-11(2)3/h6-8,10-11,18H,5,9,17H2,1-4H3. The van der Waals surface area contributed by atoms with E-state index in [1.54, 1.807) is 0 Å². The van der Waals surface area contributed by atoms with Gasteiger partial charge >= 0.3 is 0 Å². The van der Waals surface area contributed by atoms with Crippen LogP contribution in [0, 0.1) is 0 Å². The molecule has 5 nitrogen and oxygen atoms in total. The molecule has 0 saturated carbocycles. The van der Waals surface area contributed by atoms with Crippen LogP contribution in [0.2, 0.25) is 0 Å². The highest BCUT2D eigenvalue weighted by Crippen LogP contribution is 2.27. The number of nitrogens with zero attached hydrogens (tertiary/aromatic N) is 2. The summed E-state index contributed by atoms with van der Waals surface area (Å²) >= 11 is 0. The van der Waals surface area contributed by atoms with Crippen molar-refractivity contribution in [1.29, 1.82) is 0 Å². The van der Waals surface area contributed by atoms with Crippen LogP contribution < -0.4 is 15.8 Å². The lowest BCUT2D eigenvalue weighted by atomic mass is 10.2. The van der Waals surface area contributed by atoms with E-state index in [4.69, 9.17) is 10.5 Å². The van der Waals surface area contributed by atoms with Gasteiger partial charge in [0.2, 0.25) is 0 Å². The van der Waals surface area contributed by atoms with Gasteiger partial charge in [-0.05, 0) is 32.4 Å². The molecule has 0 aliphatic carbocycles. The van der Waals surface area contributed by atoms with Crippen molar-refractivity contribution in [1.82, 2.24) is 9.78 Å². The van der Waals surface area contributed by atoms with Crippen LogP contribution in [-0.4, -0.2) is 15.9 Å². The van der Waals surface area contributed by atoms with Crippen LogP contribution in [-0.2, 0) is 20.0 Å². The maximum atomic E-state index is 5.93. The lowest BCUT2D eigenvalue weighted by Crippen LogP contribution is -2.08. The van der Waals surface area contributed by atoms with Crippen LogP contribution in [0.4, 0.5) is 11.4 Å². The fourth-order valence-electron chi connectivity index (χ4n) is 2.23. The van der Waals surface area contributed by atoms with Gasteiger partial charge in [-0.1, -0.05) is 6.92 Å². The van der Waals surface area contributed by atoms with Gasteiger partial charge in [-0.25, -0.2) is 0 Å². The molecular formula is C16H24N4O. The minimum absolute atomic E-state index is 0.104. The summed E-state index contributed by atoms with van der Waals surface area (Å²) in [6.45, 7) is 6.83. The Morgan fingerprint density at radius 1 is 1.38 bits per heavy atom. The van der Waals surface area contributed by atoms with Crippen molar-refractivity contribution in [2.45, 2.75) is 39.8 Å². The number of anilines is 2.